The zero-order valence-corrected chi connectivity index (χ0v) is 12.0. The first-order valence-electron chi connectivity index (χ1n) is 6.57. The van der Waals surface area contributed by atoms with Crippen LogP contribution >= 0.6 is 0 Å². The Morgan fingerprint density at radius 2 is 2.00 bits per heavy atom. The van der Waals surface area contributed by atoms with Gasteiger partial charge < -0.3 is 10.2 Å². The van der Waals surface area contributed by atoms with Gasteiger partial charge in [0, 0.05) is 6.54 Å². The molecule has 0 spiro atoms. The Kier molecular flexibility index (Phi) is 4.93. The number of nitrogens with zero attached hydrogens (tertiary/aromatic N) is 1. The summed E-state index contributed by atoms with van der Waals surface area (Å²) in [4.78, 5) is 25.8. The molecule has 1 aliphatic rings. The van der Waals surface area contributed by atoms with E-state index in [9.17, 15) is 9.59 Å². The van der Waals surface area contributed by atoms with Gasteiger partial charge in [0.1, 0.15) is 12.1 Å². The molecule has 4 heteroatoms. The minimum absolute atomic E-state index is 0.0355. The molecule has 2 amide bonds. The first-order chi connectivity index (χ1) is 8.32. The molecule has 1 rings (SSSR count). The summed E-state index contributed by atoms with van der Waals surface area (Å²) in [5, 5.41) is 2.81. The minimum Gasteiger partial charge on any atom is -0.343 e. The molecular formula is C14H24N2O2. The van der Waals surface area contributed by atoms with Crippen LogP contribution in [0.2, 0.25) is 0 Å². The van der Waals surface area contributed by atoms with Crippen molar-refractivity contribution in [3.63, 3.8) is 0 Å². The monoisotopic (exact) mass is 252 g/mol. The van der Waals surface area contributed by atoms with Crippen LogP contribution in [0.15, 0.2) is 11.6 Å². The number of hydrogen-bond donors (Lipinski definition) is 1. The molecule has 1 fully saturated rings. The van der Waals surface area contributed by atoms with E-state index in [4.69, 9.17) is 0 Å². The van der Waals surface area contributed by atoms with E-state index in [1.807, 2.05) is 19.9 Å². The highest BCUT2D eigenvalue weighted by Gasteiger charge is 2.37. The lowest BCUT2D eigenvalue weighted by atomic mass is 9.99. The molecule has 0 aromatic rings. The van der Waals surface area contributed by atoms with Gasteiger partial charge in [0.05, 0.1) is 0 Å². The van der Waals surface area contributed by atoms with E-state index in [-0.39, 0.29) is 23.9 Å². The van der Waals surface area contributed by atoms with Gasteiger partial charge >= 0.3 is 0 Å². The summed E-state index contributed by atoms with van der Waals surface area (Å²) in [6.07, 6.45) is 2.68. The van der Waals surface area contributed by atoms with Crippen molar-refractivity contribution in [2.45, 2.75) is 53.1 Å². The third kappa shape index (κ3) is 3.59. The van der Waals surface area contributed by atoms with E-state index in [2.05, 4.69) is 19.2 Å². The summed E-state index contributed by atoms with van der Waals surface area (Å²) in [6.45, 7) is 10.4. The van der Waals surface area contributed by atoms with E-state index in [1.54, 1.807) is 11.8 Å². The molecule has 0 aromatic heterocycles. The first kappa shape index (κ1) is 14.7. The van der Waals surface area contributed by atoms with Crippen molar-refractivity contribution >= 4 is 11.8 Å². The summed E-state index contributed by atoms with van der Waals surface area (Å²) < 4.78 is 0. The Balaban J connectivity index is 2.82. The van der Waals surface area contributed by atoms with Crippen molar-refractivity contribution in [1.82, 2.24) is 10.2 Å². The number of allylic oxidation sites excluding steroid dienone is 1. The van der Waals surface area contributed by atoms with Crippen molar-refractivity contribution in [2.24, 2.45) is 5.92 Å². The number of rotatable bonds is 4. The molecule has 102 valence electrons. The quantitative estimate of drug-likeness (QED) is 0.774. The third-order valence-corrected chi connectivity index (χ3v) is 3.15. The van der Waals surface area contributed by atoms with Crippen LogP contribution in [-0.2, 0) is 9.59 Å². The fourth-order valence-electron chi connectivity index (χ4n) is 2.05. The molecule has 0 aromatic carbocycles. The second-order valence-electron chi connectivity index (χ2n) is 5.64. The molecule has 0 aliphatic carbocycles. The summed E-state index contributed by atoms with van der Waals surface area (Å²) in [5.41, 5.74) is 1.15. The van der Waals surface area contributed by atoms with Gasteiger partial charge in [-0.2, -0.15) is 0 Å². The fourth-order valence-corrected chi connectivity index (χ4v) is 2.05. The van der Waals surface area contributed by atoms with Crippen LogP contribution in [0.4, 0.5) is 0 Å². The maximum absolute atomic E-state index is 12.3. The Labute approximate surface area is 109 Å². The van der Waals surface area contributed by atoms with Gasteiger partial charge in [-0.25, -0.2) is 0 Å². The van der Waals surface area contributed by atoms with Crippen LogP contribution in [0, 0.1) is 5.92 Å². The number of carbonyl (C=O) groups excluding carboxylic acids is 2. The number of nitrogens with one attached hydrogen (secondary N) is 1. The zero-order valence-electron chi connectivity index (χ0n) is 12.0. The molecule has 1 aliphatic heterocycles. The molecule has 0 radical (unpaired) electrons. The highest BCUT2D eigenvalue weighted by Crippen LogP contribution is 2.15. The molecule has 4 nitrogen and oxygen atoms in total. The van der Waals surface area contributed by atoms with Crippen LogP contribution in [0.5, 0.6) is 0 Å². The van der Waals surface area contributed by atoms with Crippen LogP contribution in [-0.4, -0.2) is 35.3 Å². The van der Waals surface area contributed by atoms with Crippen LogP contribution in [0.3, 0.4) is 0 Å². The van der Waals surface area contributed by atoms with Crippen LogP contribution in [0.25, 0.3) is 0 Å². The van der Waals surface area contributed by atoms with Crippen molar-refractivity contribution in [3.05, 3.63) is 11.6 Å². The van der Waals surface area contributed by atoms with Gasteiger partial charge in [0.2, 0.25) is 11.8 Å². The Hall–Kier alpha value is -1.32. The van der Waals surface area contributed by atoms with Gasteiger partial charge in [0.25, 0.3) is 0 Å². The topological polar surface area (TPSA) is 49.4 Å². The maximum atomic E-state index is 12.3. The number of piperazine rings is 1. The highest BCUT2D eigenvalue weighted by atomic mass is 16.2. The maximum Gasteiger partial charge on any atom is 0.246 e. The van der Waals surface area contributed by atoms with Gasteiger partial charge in [-0.05, 0) is 33.1 Å². The van der Waals surface area contributed by atoms with Crippen LogP contribution in [0.1, 0.15) is 41.0 Å². The molecule has 18 heavy (non-hydrogen) atoms. The average Bonchev–Trinajstić information content (AvgIpc) is 2.24. The molecule has 2 unspecified atom stereocenters. The second kappa shape index (κ2) is 6.03. The van der Waals surface area contributed by atoms with Crippen molar-refractivity contribution in [2.75, 3.05) is 6.54 Å². The van der Waals surface area contributed by atoms with E-state index in [1.165, 1.54) is 0 Å². The Morgan fingerprint density at radius 3 is 2.50 bits per heavy atom. The Morgan fingerprint density at radius 1 is 1.39 bits per heavy atom. The lowest BCUT2D eigenvalue weighted by Gasteiger charge is -2.37. The first-order valence-corrected chi connectivity index (χ1v) is 6.57. The fraction of sp³-hybridized carbons (Fsp3) is 0.714. The SMILES string of the molecule is CC(C)=CCN1C(=O)C(CC(C)C)NC(=O)C1C. The predicted octanol–water partition coefficient (Wildman–Crippen LogP) is 1.71. The largest absolute Gasteiger partial charge is 0.343 e. The lowest BCUT2D eigenvalue weighted by molar-refractivity contribution is -0.148. The Bertz CT molecular complexity index is 357. The summed E-state index contributed by atoms with van der Waals surface area (Å²) in [7, 11) is 0. The summed E-state index contributed by atoms with van der Waals surface area (Å²) >= 11 is 0. The molecule has 1 heterocycles. The molecule has 1 N–H and O–H groups in total. The van der Waals surface area contributed by atoms with Gasteiger partial charge in [-0.15, -0.1) is 0 Å². The molecule has 1 saturated heterocycles. The van der Waals surface area contributed by atoms with E-state index in [0.717, 1.165) is 5.57 Å². The lowest BCUT2D eigenvalue weighted by Crippen LogP contribution is -2.62. The summed E-state index contributed by atoms with van der Waals surface area (Å²) in [6, 6.07) is -0.740. The molecule has 0 saturated carbocycles. The smallest absolute Gasteiger partial charge is 0.246 e. The number of amides is 2. The van der Waals surface area contributed by atoms with Crippen LogP contribution < -0.4 is 5.32 Å². The molecular weight excluding hydrogens is 228 g/mol. The van der Waals surface area contributed by atoms with Crippen molar-refractivity contribution in [1.29, 1.82) is 0 Å². The average molecular weight is 252 g/mol. The van der Waals surface area contributed by atoms with E-state index < -0.39 is 0 Å². The standard InChI is InChI=1S/C14H24N2O2/c1-9(2)6-7-16-11(5)13(17)15-12(14(16)18)8-10(3)4/h6,10-12H,7-8H2,1-5H3,(H,15,17). The van der Waals surface area contributed by atoms with Gasteiger partial charge in [-0.3, -0.25) is 9.59 Å². The van der Waals surface area contributed by atoms with E-state index in [0.29, 0.717) is 18.9 Å². The highest BCUT2D eigenvalue weighted by molar-refractivity contribution is 5.96. The third-order valence-electron chi connectivity index (χ3n) is 3.15. The van der Waals surface area contributed by atoms with E-state index >= 15 is 0 Å². The van der Waals surface area contributed by atoms with Gasteiger partial charge in [-0.1, -0.05) is 25.5 Å². The van der Waals surface area contributed by atoms with Crippen molar-refractivity contribution in [3.8, 4) is 0 Å². The van der Waals surface area contributed by atoms with Gasteiger partial charge in [0.15, 0.2) is 0 Å². The number of hydrogen-bond acceptors (Lipinski definition) is 2. The predicted molar refractivity (Wildman–Crippen MR) is 72.0 cm³/mol. The molecule has 0 bridgehead atoms. The van der Waals surface area contributed by atoms with Crippen molar-refractivity contribution < 1.29 is 9.59 Å². The minimum atomic E-state index is -0.378. The second-order valence-corrected chi connectivity index (χ2v) is 5.64. The normalized spacial score (nSPS) is 24.2. The zero-order chi connectivity index (χ0) is 13.9. The summed E-state index contributed by atoms with van der Waals surface area (Å²) in [5.74, 6) is 0.369. The number of carbonyl (C=O) groups is 2. The molecule has 2 atom stereocenters.